The number of ether oxygens (including phenoxy) is 1. The standard InChI is InChI=1S/C20H20ClN5O2.HI/c21-14-5-3-4-13(12-14)19-25-18(28-26-19)8-10-23-20(22)24-16-9-11-27-17-7-2-1-6-15(16)17;/h1-7,12,16H,8-11H2,(H3,22,23,24);1H. The van der Waals surface area contributed by atoms with Crippen LogP contribution in [0.1, 0.15) is 23.9 Å². The molecule has 0 amide bonds. The maximum atomic E-state index is 6.06. The first-order valence-corrected chi connectivity index (χ1v) is 9.43. The highest BCUT2D eigenvalue weighted by Crippen LogP contribution is 2.31. The molecular formula is C20H21ClIN5O2. The number of hydrogen-bond acceptors (Lipinski definition) is 5. The Bertz CT molecular complexity index is 994. The van der Waals surface area contributed by atoms with E-state index >= 15 is 0 Å². The van der Waals surface area contributed by atoms with Crippen LogP contribution in [0.2, 0.25) is 5.02 Å². The minimum Gasteiger partial charge on any atom is -0.493 e. The Morgan fingerprint density at radius 2 is 2.10 bits per heavy atom. The first-order chi connectivity index (χ1) is 13.7. The van der Waals surface area contributed by atoms with E-state index in [0.29, 0.717) is 42.3 Å². The van der Waals surface area contributed by atoms with E-state index in [1.165, 1.54) is 0 Å². The number of aromatic nitrogens is 2. The van der Waals surface area contributed by atoms with Crippen molar-refractivity contribution in [2.24, 2.45) is 10.7 Å². The van der Waals surface area contributed by atoms with E-state index in [0.717, 1.165) is 23.3 Å². The number of halogens is 2. The number of nitrogens with zero attached hydrogens (tertiary/aromatic N) is 3. The lowest BCUT2D eigenvalue weighted by atomic mass is 10.0. The van der Waals surface area contributed by atoms with Crippen molar-refractivity contribution in [1.29, 1.82) is 0 Å². The Morgan fingerprint density at radius 1 is 1.24 bits per heavy atom. The predicted octanol–water partition coefficient (Wildman–Crippen LogP) is 3.98. The lowest BCUT2D eigenvalue weighted by Gasteiger charge is -2.26. The van der Waals surface area contributed by atoms with Gasteiger partial charge in [0.1, 0.15) is 5.75 Å². The summed E-state index contributed by atoms with van der Waals surface area (Å²) >= 11 is 6.00. The highest BCUT2D eigenvalue weighted by Gasteiger charge is 2.21. The summed E-state index contributed by atoms with van der Waals surface area (Å²) in [4.78, 5) is 8.76. The van der Waals surface area contributed by atoms with Gasteiger partial charge in [0.25, 0.3) is 0 Å². The molecule has 1 aliphatic heterocycles. The molecule has 0 aliphatic carbocycles. The van der Waals surface area contributed by atoms with E-state index in [4.69, 9.17) is 26.6 Å². The van der Waals surface area contributed by atoms with Crippen molar-refractivity contribution in [1.82, 2.24) is 15.5 Å². The molecule has 29 heavy (non-hydrogen) atoms. The largest absolute Gasteiger partial charge is 0.493 e. The first kappa shape index (κ1) is 21.4. The molecule has 2 aromatic carbocycles. The van der Waals surface area contributed by atoms with E-state index in [-0.39, 0.29) is 30.0 Å². The van der Waals surface area contributed by atoms with Crippen molar-refractivity contribution in [3.63, 3.8) is 0 Å². The van der Waals surface area contributed by atoms with Crippen LogP contribution in [0.5, 0.6) is 5.75 Å². The summed E-state index contributed by atoms with van der Waals surface area (Å²) in [5.41, 5.74) is 7.96. The Hall–Kier alpha value is -2.33. The van der Waals surface area contributed by atoms with Gasteiger partial charge >= 0.3 is 0 Å². The quantitative estimate of drug-likeness (QED) is 0.297. The zero-order valence-corrected chi connectivity index (χ0v) is 18.6. The normalized spacial score (nSPS) is 15.8. The molecule has 1 aliphatic rings. The monoisotopic (exact) mass is 525 g/mol. The van der Waals surface area contributed by atoms with E-state index in [1.807, 2.05) is 36.4 Å². The van der Waals surface area contributed by atoms with Crippen LogP contribution in [0.4, 0.5) is 0 Å². The minimum atomic E-state index is 0. The molecule has 0 bridgehead atoms. The van der Waals surface area contributed by atoms with E-state index in [2.05, 4.69) is 20.4 Å². The average Bonchev–Trinajstić information content (AvgIpc) is 3.17. The molecule has 7 nitrogen and oxygen atoms in total. The van der Waals surface area contributed by atoms with Gasteiger partial charge in [-0.25, -0.2) is 0 Å². The molecule has 3 N–H and O–H groups in total. The molecule has 2 heterocycles. The smallest absolute Gasteiger partial charge is 0.228 e. The Morgan fingerprint density at radius 3 is 2.97 bits per heavy atom. The SMILES string of the molecule is I.NC(=NCCc1nc(-c2cccc(Cl)c2)no1)NC1CCOc2ccccc21. The number of nitrogens with one attached hydrogen (secondary N) is 1. The topological polar surface area (TPSA) is 98.6 Å². The average molecular weight is 526 g/mol. The number of para-hydroxylation sites is 1. The van der Waals surface area contributed by atoms with Crippen LogP contribution >= 0.6 is 35.6 Å². The highest BCUT2D eigenvalue weighted by molar-refractivity contribution is 14.0. The molecule has 9 heteroatoms. The summed E-state index contributed by atoms with van der Waals surface area (Å²) in [6, 6.07) is 15.4. The number of benzene rings is 2. The number of fused-ring (bicyclic) bond motifs is 1. The number of rotatable bonds is 5. The fraction of sp³-hybridized carbons (Fsp3) is 0.250. The van der Waals surface area contributed by atoms with Gasteiger partial charge in [0, 0.05) is 29.0 Å². The third-order valence-electron chi connectivity index (χ3n) is 4.44. The molecule has 0 saturated carbocycles. The van der Waals surface area contributed by atoms with Crippen LogP contribution in [0.15, 0.2) is 58.0 Å². The van der Waals surface area contributed by atoms with Gasteiger partial charge in [-0.2, -0.15) is 4.98 Å². The van der Waals surface area contributed by atoms with Gasteiger partial charge in [-0.1, -0.05) is 47.1 Å². The van der Waals surface area contributed by atoms with Crippen LogP contribution in [0.3, 0.4) is 0 Å². The molecule has 4 rings (SSSR count). The van der Waals surface area contributed by atoms with Crippen molar-refractivity contribution in [2.75, 3.05) is 13.2 Å². The van der Waals surface area contributed by atoms with Gasteiger partial charge in [0.05, 0.1) is 19.2 Å². The molecule has 152 valence electrons. The lowest BCUT2D eigenvalue weighted by Crippen LogP contribution is -2.37. The number of hydrogen-bond donors (Lipinski definition) is 2. The van der Waals surface area contributed by atoms with Gasteiger partial charge in [-0.3, -0.25) is 4.99 Å². The van der Waals surface area contributed by atoms with Crippen LogP contribution in [0.25, 0.3) is 11.4 Å². The number of aliphatic imine (C=N–C) groups is 1. The Kier molecular flexibility index (Phi) is 7.32. The lowest BCUT2D eigenvalue weighted by molar-refractivity contribution is 0.262. The third-order valence-corrected chi connectivity index (χ3v) is 4.67. The van der Waals surface area contributed by atoms with Crippen molar-refractivity contribution in [2.45, 2.75) is 18.9 Å². The number of nitrogens with two attached hydrogens (primary N) is 1. The zero-order chi connectivity index (χ0) is 19.3. The maximum absolute atomic E-state index is 6.06. The molecule has 0 saturated heterocycles. The van der Waals surface area contributed by atoms with Crippen LogP contribution in [-0.2, 0) is 6.42 Å². The highest BCUT2D eigenvalue weighted by atomic mass is 127. The Balaban J connectivity index is 0.00000240. The Labute approximate surface area is 190 Å². The molecule has 1 unspecified atom stereocenters. The van der Waals surface area contributed by atoms with Gasteiger partial charge in [-0.15, -0.1) is 24.0 Å². The van der Waals surface area contributed by atoms with Gasteiger partial charge < -0.3 is 20.3 Å². The summed E-state index contributed by atoms with van der Waals surface area (Å²) in [6.45, 7) is 1.09. The summed E-state index contributed by atoms with van der Waals surface area (Å²) in [5, 5.41) is 7.88. The van der Waals surface area contributed by atoms with Gasteiger partial charge in [0.15, 0.2) is 5.96 Å². The second-order valence-corrected chi connectivity index (χ2v) is 6.85. The minimum absolute atomic E-state index is 0. The summed E-state index contributed by atoms with van der Waals surface area (Å²) in [7, 11) is 0. The molecule has 0 fully saturated rings. The maximum Gasteiger partial charge on any atom is 0.228 e. The van der Waals surface area contributed by atoms with Crippen LogP contribution in [-0.4, -0.2) is 29.3 Å². The van der Waals surface area contributed by atoms with E-state index in [1.54, 1.807) is 12.1 Å². The molecule has 1 atom stereocenters. The molecule has 1 aromatic heterocycles. The van der Waals surface area contributed by atoms with Gasteiger partial charge in [0.2, 0.25) is 11.7 Å². The third kappa shape index (κ3) is 5.39. The van der Waals surface area contributed by atoms with Crippen LogP contribution in [0, 0.1) is 0 Å². The van der Waals surface area contributed by atoms with Crippen molar-refractivity contribution < 1.29 is 9.26 Å². The molecule has 0 radical (unpaired) electrons. The fourth-order valence-corrected chi connectivity index (χ4v) is 3.28. The first-order valence-electron chi connectivity index (χ1n) is 9.06. The summed E-state index contributed by atoms with van der Waals surface area (Å²) in [5.74, 6) is 2.28. The second kappa shape index (κ2) is 9.93. The molecule has 0 spiro atoms. The summed E-state index contributed by atoms with van der Waals surface area (Å²) < 4.78 is 10.9. The van der Waals surface area contributed by atoms with Crippen molar-refractivity contribution in [3.05, 3.63) is 65.0 Å². The number of guanidine groups is 1. The fourth-order valence-electron chi connectivity index (χ4n) is 3.09. The van der Waals surface area contributed by atoms with Crippen molar-refractivity contribution in [3.8, 4) is 17.1 Å². The molecule has 3 aromatic rings. The summed E-state index contributed by atoms with van der Waals surface area (Å²) in [6.07, 6.45) is 1.33. The predicted molar refractivity (Wildman–Crippen MR) is 123 cm³/mol. The zero-order valence-electron chi connectivity index (χ0n) is 15.5. The second-order valence-electron chi connectivity index (χ2n) is 6.41. The molecular weight excluding hydrogens is 505 g/mol. The van der Waals surface area contributed by atoms with Crippen LogP contribution < -0.4 is 15.8 Å². The van der Waals surface area contributed by atoms with E-state index < -0.39 is 0 Å². The van der Waals surface area contributed by atoms with Gasteiger partial charge in [-0.05, 0) is 18.2 Å². The van der Waals surface area contributed by atoms with E-state index in [9.17, 15) is 0 Å². The van der Waals surface area contributed by atoms with Crippen molar-refractivity contribution >= 4 is 41.5 Å².